The first kappa shape index (κ1) is 21.7. The molecule has 0 spiro atoms. The molecular weight excluding hydrogens is 410 g/mol. The summed E-state index contributed by atoms with van der Waals surface area (Å²) < 4.78 is 11.6. The molecule has 150 valence electrons. The molecule has 0 aromatic heterocycles. The van der Waals surface area contributed by atoms with Crippen molar-refractivity contribution in [1.82, 2.24) is 4.90 Å². The molecule has 1 aromatic carbocycles. The number of nitrogens with zero attached hydrogens (tertiary/aromatic N) is 1. The van der Waals surface area contributed by atoms with Crippen molar-refractivity contribution in [2.45, 2.75) is 51.9 Å². The van der Waals surface area contributed by atoms with Crippen molar-refractivity contribution in [2.24, 2.45) is 5.92 Å². The maximum Gasteiger partial charge on any atom is 0.310 e. The van der Waals surface area contributed by atoms with E-state index in [2.05, 4.69) is 48.8 Å². The zero-order valence-corrected chi connectivity index (χ0v) is 18.3. The Labute approximate surface area is 170 Å². The Morgan fingerprint density at radius 3 is 2.67 bits per heavy atom. The van der Waals surface area contributed by atoms with Crippen molar-refractivity contribution in [2.75, 3.05) is 26.8 Å². The summed E-state index contributed by atoms with van der Waals surface area (Å²) in [5, 5.41) is 0. The van der Waals surface area contributed by atoms with Gasteiger partial charge in [-0.05, 0) is 58.3 Å². The summed E-state index contributed by atoms with van der Waals surface area (Å²) in [6.07, 6.45) is 2.70. The number of rotatable bonds is 6. The smallest absolute Gasteiger partial charge is 0.310 e. The second-order valence-corrected chi connectivity index (χ2v) is 8.90. The molecule has 1 unspecified atom stereocenters. The number of hydrogen-bond acceptors (Lipinski definition) is 4. The molecule has 0 bridgehead atoms. The third-order valence-corrected chi connectivity index (χ3v) is 5.52. The van der Waals surface area contributed by atoms with E-state index in [9.17, 15) is 9.59 Å². The van der Waals surface area contributed by atoms with Gasteiger partial charge in [0.2, 0.25) is 5.91 Å². The SMILES string of the molecule is COC(=O)C1CCCN(C(=O)CCCOc2ccc(C(C)(C)C)cc2Br)C1. The number of piperidine rings is 1. The van der Waals surface area contributed by atoms with Gasteiger partial charge in [-0.1, -0.05) is 26.8 Å². The van der Waals surface area contributed by atoms with E-state index in [1.54, 1.807) is 4.90 Å². The summed E-state index contributed by atoms with van der Waals surface area (Å²) >= 11 is 3.57. The van der Waals surface area contributed by atoms with Gasteiger partial charge in [0.1, 0.15) is 5.75 Å². The highest BCUT2D eigenvalue weighted by Gasteiger charge is 2.28. The number of methoxy groups -OCH3 is 1. The highest BCUT2D eigenvalue weighted by molar-refractivity contribution is 9.10. The molecule has 2 rings (SSSR count). The van der Waals surface area contributed by atoms with Gasteiger partial charge in [0.05, 0.1) is 24.1 Å². The minimum Gasteiger partial charge on any atom is -0.492 e. The quantitative estimate of drug-likeness (QED) is 0.489. The van der Waals surface area contributed by atoms with E-state index in [1.807, 2.05) is 6.07 Å². The van der Waals surface area contributed by atoms with Crippen LogP contribution in [0.2, 0.25) is 0 Å². The molecule has 27 heavy (non-hydrogen) atoms. The molecule has 0 saturated carbocycles. The number of amides is 1. The average Bonchev–Trinajstić information content (AvgIpc) is 2.64. The fraction of sp³-hybridized carbons (Fsp3) is 0.619. The minimum atomic E-state index is -0.223. The van der Waals surface area contributed by atoms with E-state index in [-0.39, 0.29) is 23.2 Å². The monoisotopic (exact) mass is 439 g/mol. The molecule has 1 heterocycles. The molecule has 0 radical (unpaired) electrons. The molecule has 5 nitrogen and oxygen atoms in total. The van der Waals surface area contributed by atoms with Gasteiger partial charge in [0.25, 0.3) is 0 Å². The van der Waals surface area contributed by atoms with E-state index in [0.717, 1.165) is 23.1 Å². The lowest BCUT2D eigenvalue weighted by molar-refractivity contribution is -0.149. The maximum atomic E-state index is 12.4. The molecule has 1 saturated heterocycles. The van der Waals surface area contributed by atoms with Crippen LogP contribution in [0, 0.1) is 5.92 Å². The van der Waals surface area contributed by atoms with Crippen LogP contribution >= 0.6 is 15.9 Å². The van der Waals surface area contributed by atoms with Crippen molar-refractivity contribution in [3.63, 3.8) is 0 Å². The summed E-state index contributed by atoms with van der Waals surface area (Å²) in [4.78, 5) is 25.9. The highest BCUT2D eigenvalue weighted by Crippen LogP contribution is 2.31. The second-order valence-electron chi connectivity index (χ2n) is 8.05. The summed E-state index contributed by atoms with van der Waals surface area (Å²) in [6.45, 7) is 8.18. The van der Waals surface area contributed by atoms with Crippen LogP contribution in [0.5, 0.6) is 5.75 Å². The topological polar surface area (TPSA) is 55.8 Å². The van der Waals surface area contributed by atoms with Crippen LogP contribution in [0.3, 0.4) is 0 Å². The minimum absolute atomic E-state index is 0.0781. The Morgan fingerprint density at radius 2 is 2.04 bits per heavy atom. The number of ether oxygens (including phenoxy) is 2. The van der Waals surface area contributed by atoms with E-state index < -0.39 is 0 Å². The summed E-state index contributed by atoms with van der Waals surface area (Å²) in [6, 6.07) is 6.13. The molecule has 1 fully saturated rings. The second kappa shape index (κ2) is 9.58. The van der Waals surface area contributed by atoms with Gasteiger partial charge in [0, 0.05) is 19.5 Å². The molecule has 0 aliphatic carbocycles. The van der Waals surface area contributed by atoms with E-state index in [1.165, 1.54) is 12.7 Å². The Balaban J connectivity index is 1.78. The number of hydrogen-bond donors (Lipinski definition) is 0. The molecule has 0 N–H and O–H groups in total. The van der Waals surface area contributed by atoms with Gasteiger partial charge < -0.3 is 14.4 Å². The van der Waals surface area contributed by atoms with Crippen molar-refractivity contribution >= 4 is 27.8 Å². The molecule has 1 amide bonds. The lowest BCUT2D eigenvalue weighted by atomic mass is 9.87. The number of esters is 1. The number of benzene rings is 1. The van der Waals surface area contributed by atoms with Gasteiger partial charge in [-0.2, -0.15) is 0 Å². The van der Waals surface area contributed by atoms with Gasteiger partial charge >= 0.3 is 5.97 Å². The van der Waals surface area contributed by atoms with Crippen molar-refractivity contribution in [3.05, 3.63) is 28.2 Å². The van der Waals surface area contributed by atoms with Crippen LogP contribution < -0.4 is 4.74 Å². The predicted molar refractivity (Wildman–Crippen MR) is 109 cm³/mol. The number of carbonyl (C=O) groups is 2. The zero-order chi connectivity index (χ0) is 20.0. The van der Waals surface area contributed by atoms with Crippen molar-refractivity contribution in [1.29, 1.82) is 0 Å². The fourth-order valence-electron chi connectivity index (χ4n) is 3.21. The highest BCUT2D eigenvalue weighted by atomic mass is 79.9. The Kier molecular flexibility index (Phi) is 7.71. The maximum absolute atomic E-state index is 12.4. The van der Waals surface area contributed by atoms with Gasteiger partial charge in [-0.3, -0.25) is 9.59 Å². The van der Waals surface area contributed by atoms with Crippen LogP contribution in [0.4, 0.5) is 0 Å². The van der Waals surface area contributed by atoms with Crippen LogP contribution in [-0.2, 0) is 19.7 Å². The molecular formula is C21H30BrNO4. The van der Waals surface area contributed by atoms with Gasteiger partial charge in [-0.15, -0.1) is 0 Å². The lowest BCUT2D eigenvalue weighted by Crippen LogP contribution is -2.42. The van der Waals surface area contributed by atoms with Crippen molar-refractivity contribution < 1.29 is 19.1 Å². The number of halogens is 1. The van der Waals surface area contributed by atoms with Crippen LogP contribution in [0.15, 0.2) is 22.7 Å². The first-order chi connectivity index (χ1) is 12.7. The molecule has 6 heteroatoms. The third-order valence-electron chi connectivity index (χ3n) is 4.90. The van der Waals surface area contributed by atoms with E-state index >= 15 is 0 Å². The first-order valence-corrected chi connectivity index (χ1v) is 10.3. The Hall–Kier alpha value is -1.56. The fourth-order valence-corrected chi connectivity index (χ4v) is 3.70. The third kappa shape index (κ3) is 6.23. The van der Waals surface area contributed by atoms with E-state index in [4.69, 9.17) is 9.47 Å². The molecule has 1 aliphatic rings. The number of carbonyl (C=O) groups excluding carboxylic acids is 2. The van der Waals surface area contributed by atoms with Crippen LogP contribution in [0.1, 0.15) is 52.0 Å². The van der Waals surface area contributed by atoms with Crippen LogP contribution in [0.25, 0.3) is 0 Å². The molecule has 1 aliphatic heterocycles. The average molecular weight is 440 g/mol. The van der Waals surface area contributed by atoms with Gasteiger partial charge in [-0.25, -0.2) is 0 Å². The zero-order valence-electron chi connectivity index (χ0n) is 16.7. The molecule has 1 atom stereocenters. The summed E-state index contributed by atoms with van der Waals surface area (Å²) in [5.41, 5.74) is 1.33. The van der Waals surface area contributed by atoms with E-state index in [0.29, 0.717) is 32.5 Å². The lowest BCUT2D eigenvalue weighted by Gasteiger charge is -2.31. The summed E-state index contributed by atoms with van der Waals surface area (Å²) in [5.74, 6) is 0.453. The predicted octanol–water partition coefficient (Wildman–Crippen LogP) is 4.32. The molecule has 1 aromatic rings. The first-order valence-electron chi connectivity index (χ1n) is 9.51. The summed E-state index contributed by atoms with van der Waals surface area (Å²) in [7, 11) is 1.40. The van der Waals surface area contributed by atoms with Gasteiger partial charge in [0.15, 0.2) is 0 Å². The van der Waals surface area contributed by atoms with Crippen LogP contribution in [-0.4, -0.2) is 43.6 Å². The number of likely N-dealkylation sites (tertiary alicyclic amines) is 1. The Bertz CT molecular complexity index is 669. The van der Waals surface area contributed by atoms with Crippen molar-refractivity contribution in [3.8, 4) is 5.75 Å². The largest absolute Gasteiger partial charge is 0.492 e. The normalized spacial score (nSPS) is 17.5. The Morgan fingerprint density at radius 1 is 1.30 bits per heavy atom. The standard InChI is InChI=1S/C21H30BrNO4/c1-21(2,3)16-9-10-18(17(22)13-16)27-12-6-8-19(24)23-11-5-7-15(14-23)20(25)26-4/h9-10,13,15H,5-8,11-12,14H2,1-4H3.